The van der Waals surface area contributed by atoms with Crippen molar-refractivity contribution in [2.24, 2.45) is 0 Å². The predicted molar refractivity (Wildman–Crippen MR) is 67.4 cm³/mol. The molecule has 0 aromatic heterocycles. The zero-order valence-corrected chi connectivity index (χ0v) is 11.2. The van der Waals surface area contributed by atoms with Crippen molar-refractivity contribution >= 4 is 5.97 Å². The Labute approximate surface area is 105 Å². The van der Waals surface area contributed by atoms with Crippen LogP contribution in [0.1, 0.15) is 46.0 Å². The number of rotatable bonds is 9. The second kappa shape index (κ2) is 10.1. The molecule has 98 valence electrons. The summed E-state index contributed by atoms with van der Waals surface area (Å²) in [6.45, 7) is 5.32. The molecule has 0 rings (SSSR count). The van der Waals surface area contributed by atoms with Gasteiger partial charge in [-0.05, 0) is 40.3 Å². The summed E-state index contributed by atoms with van der Waals surface area (Å²) < 4.78 is 4.85. The van der Waals surface area contributed by atoms with E-state index < -0.39 is 0 Å². The summed E-state index contributed by atoms with van der Waals surface area (Å²) >= 11 is 0. The molecule has 0 spiro atoms. The third-order valence-electron chi connectivity index (χ3n) is 2.84. The molecular formula is C13H24N2O2. The minimum atomic E-state index is -0.0984. The third kappa shape index (κ3) is 8.70. The summed E-state index contributed by atoms with van der Waals surface area (Å²) in [6.07, 6.45) is 4.07. The van der Waals surface area contributed by atoms with Crippen molar-refractivity contribution in [1.82, 2.24) is 4.90 Å². The lowest BCUT2D eigenvalue weighted by Crippen LogP contribution is -2.29. The average molecular weight is 240 g/mol. The Balaban J connectivity index is 3.45. The van der Waals surface area contributed by atoms with Crippen LogP contribution in [-0.4, -0.2) is 37.1 Å². The fraction of sp³-hybridized carbons (Fsp3) is 0.846. The van der Waals surface area contributed by atoms with Gasteiger partial charge in [-0.1, -0.05) is 6.42 Å². The van der Waals surface area contributed by atoms with Gasteiger partial charge in [-0.15, -0.1) is 0 Å². The normalized spacial score (nSPS) is 12.2. The highest BCUT2D eigenvalue weighted by Gasteiger charge is 2.07. The highest BCUT2D eigenvalue weighted by Crippen LogP contribution is 2.05. The van der Waals surface area contributed by atoms with Crippen molar-refractivity contribution in [1.29, 1.82) is 5.26 Å². The molecule has 0 aliphatic heterocycles. The summed E-state index contributed by atoms with van der Waals surface area (Å²) in [4.78, 5) is 13.3. The van der Waals surface area contributed by atoms with Crippen molar-refractivity contribution in [2.45, 2.75) is 52.0 Å². The van der Waals surface area contributed by atoms with E-state index in [1.165, 1.54) is 0 Å². The lowest BCUT2D eigenvalue weighted by molar-refractivity contribution is -0.143. The molecule has 1 unspecified atom stereocenters. The Morgan fingerprint density at radius 1 is 1.41 bits per heavy atom. The Kier molecular flexibility index (Phi) is 9.46. The zero-order chi connectivity index (χ0) is 13.1. The first kappa shape index (κ1) is 15.9. The van der Waals surface area contributed by atoms with Crippen LogP contribution in [0.25, 0.3) is 0 Å². The van der Waals surface area contributed by atoms with Crippen LogP contribution in [-0.2, 0) is 9.53 Å². The van der Waals surface area contributed by atoms with E-state index in [9.17, 15) is 4.79 Å². The van der Waals surface area contributed by atoms with E-state index in [1.807, 2.05) is 14.0 Å². The largest absolute Gasteiger partial charge is 0.466 e. The second-order valence-electron chi connectivity index (χ2n) is 4.31. The van der Waals surface area contributed by atoms with E-state index >= 15 is 0 Å². The number of hydrogen-bond acceptors (Lipinski definition) is 4. The van der Waals surface area contributed by atoms with E-state index in [-0.39, 0.29) is 5.97 Å². The SMILES string of the molecule is CCOC(=O)CCCCCN(C)C(C)CC#N. The molecule has 0 aliphatic carbocycles. The van der Waals surface area contributed by atoms with Gasteiger partial charge in [0, 0.05) is 12.5 Å². The number of unbranched alkanes of at least 4 members (excludes halogenated alkanes) is 2. The molecule has 0 aromatic carbocycles. The average Bonchev–Trinajstić information content (AvgIpc) is 2.29. The van der Waals surface area contributed by atoms with Gasteiger partial charge in [0.05, 0.1) is 19.1 Å². The molecule has 0 bridgehead atoms. The summed E-state index contributed by atoms with van der Waals surface area (Å²) in [5, 5.41) is 8.58. The van der Waals surface area contributed by atoms with Gasteiger partial charge < -0.3 is 9.64 Å². The second-order valence-corrected chi connectivity index (χ2v) is 4.31. The molecule has 0 saturated heterocycles. The maximum Gasteiger partial charge on any atom is 0.305 e. The van der Waals surface area contributed by atoms with Crippen molar-refractivity contribution < 1.29 is 9.53 Å². The molecular weight excluding hydrogens is 216 g/mol. The van der Waals surface area contributed by atoms with E-state index in [2.05, 4.69) is 17.9 Å². The lowest BCUT2D eigenvalue weighted by Gasteiger charge is -2.22. The van der Waals surface area contributed by atoms with Crippen LogP contribution in [0.4, 0.5) is 0 Å². The number of carbonyl (C=O) groups is 1. The van der Waals surface area contributed by atoms with Gasteiger partial charge >= 0.3 is 5.97 Å². The van der Waals surface area contributed by atoms with Crippen molar-refractivity contribution in [2.75, 3.05) is 20.2 Å². The minimum Gasteiger partial charge on any atom is -0.466 e. The van der Waals surface area contributed by atoms with Gasteiger partial charge in [-0.2, -0.15) is 5.26 Å². The standard InChI is InChI=1S/C13H24N2O2/c1-4-17-13(16)8-6-5-7-11-15(3)12(2)9-10-14/h12H,4-9,11H2,1-3H3. The van der Waals surface area contributed by atoms with E-state index in [0.717, 1.165) is 25.8 Å². The highest BCUT2D eigenvalue weighted by atomic mass is 16.5. The van der Waals surface area contributed by atoms with Crippen molar-refractivity contribution in [3.63, 3.8) is 0 Å². The first-order valence-corrected chi connectivity index (χ1v) is 6.34. The van der Waals surface area contributed by atoms with Gasteiger partial charge in [0.15, 0.2) is 0 Å². The summed E-state index contributed by atoms with van der Waals surface area (Å²) in [5.41, 5.74) is 0. The van der Waals surface area contributed by atoms with Gasteiger partial charge in [0.25, 0.3) is 0 Å². The van der Waals surface area contributed by atoms with Gasteiger partial charge in [-0.25, -0.2) is 0 Å². The molecule has 0 saturated carbocycles. The van der Waals surface area contributed by atoms with Crippen LogP contribution in [0, 0.1) is 11.3 Å². The van der Waals surface area contributed by atoms with Crippen LogP contribution in [0.5, 0.6) is 0 Å². The Morgan fingerprint density at radius 2 is 2.12 bits per heavy atom. The maximum absolute atomic E-state index is 11.1. The summed E-state index contributed by atoms with van der Waals surface area (Å²) in [6, 6.07) is 2.49. The van der Waals surface area contributed by atoms with Crippen LogP contribution < -0.4 is 0 Å². The van der Waals surface area contributed by atoms with Gasteiger partial charge in [0.1, 0.15) is 0 Å². The number of carbonyl (C=O) groups excluding carboxylic acids is 1. The van der Waals surface area contributed by atoms with Gasteiger partial charge in [0.2, 0.25) is 0 Å². The molecule has 0 heterocycles. The molecule has 0 aliphatic rings. The van der Waals surface area contributed by atoms with E-state index in [0.29, 0.717) is 25.5 Å². The molecule has 1 atom stereocenters. The summed E-state index contributed by atoms with van der Waals surface area (Å²) in [7, 11) is 2.04. The number of nitriles is 1. The predicted octanol–water partition coefficient (Wildman–Crippen LogP) is 2.34. The molecule has 0 N–H and O–H groups in total. The van der Waals surface area contributed by atoms with Gasteiger partial charge in [-0.3, -0.25) is 4.79 Å². The van der Waals surface area contributed by atoms with Crippen LogP contribution in [0.2, 0.25) is 0 Å². The number of esters is 1. The monoisotopic (exact) mass is 240 g/mol. The molecule has 0 aromatic rings. The van der Waals surface area contributed by atoms with E-state index in [4.69, 9.17) is 10.00 Å². The third-order valence-corrected chi connectivity index (χ3v) is 2.84. The smallest absolute Gasteiger partial charge is 0.305 e. The number of hydrogen-bond donors (Lipinski definition) is 0. The minimum absolute atomic E-state index is 0.0984. The first-order valence-electron chi connectivity index (χ1n) is 6.34. The molecule has 0 fully saturated rings. The quantitative estimate of drug-likeness (QED) is 0.458. The number of nitrogens with zero attached hydrogens (tertiary/aromatic N) is 2. The Hall–Kier alpha value is -1.08. The number of ether oxygens (including phenoxy) is 1. The van der Waals surface area contributed by atoms with E-state index in [1.54, 1.807) is 0 Å². The molecule has 17 heavy (non-hydrogen) atoms. The fourth-order valence-electron chi connectivity index (χ4n) is 1.55. The fourth-order valence-corrected chi connectivity index (χ4v) is 1.55. The Morgan fingerprint density at radius 3 is 2.71 bits per heavy atom. The molecule has 4 nitrogen and oxygen atoms in total. The highest BCUT2D eigenvalue weighted by molar-refractivity contribution is 5.69. The van der Waals surface area contributed by atoms with Crippen LogP contribution in [0.3, 0.4) is 0 Å². The topological polar surface area (TPSA) is 53.3 Å². The summed E-state index contributed by atoms with van der Waals surface area (Å²) in [5.74, 6) is -0.0984. The first-order chi connectivity index (χ1) is 8.11. The zero-order valence-electron chi connectivity index (χ0n) is 11.2. The maximum atomic E-state index is 11.1. The van der Waals surface area contributed by atoms with Crippen molar-refractivity contribution in [3.8, 4) is 6.07 Å². The van der Waals surface area contributed by atoms with Crippen LogP contribution >= 0.6 is 0 Å². The molecule has 4 heteroatoms. The molecule has 0 amide bonds. The lowest BCUT2D eigenvalue weighted by atomic mass is 10.1. The van der Waals surface area contributed by atoms with Crippen molar-refractivity contribution in [3.05, 3.63) is 0 Å². The molecule has 0 radical (unpaired) electrons. The Bertz CT molecular complexity index is 248. The van der Waals surface area contributed by atoms with Crippen LogP contribution in [0.15, 0.2) is 0 Å².